The van der Waals surface area contributed by atoms with E-state index in [1.165, 1.54) is 24.3 Å². The van der Waals surface area contributed by atoms with Gasteiger partial charge >= 0.3 is 0 Å². The van der Waals surface area contributed by atoms with Crippen molar-refractivity contribution in [3.63, 3.8) is 0 Å². The Balaban J connectivity index is 2.22. The third-order valence-electron chi connectivity index (χ3n) is 3.06. The topological polar surface area (TPSA) is 72.2 Å². The van der Waals surface area contributed by atoms with E-state index in [0.717, 1.165) is 16.8 Å². The van der Waals surface area contributed by atoms with Gasteiger partial charge in [-0.1, -0.05) is 18.2 Å². The van der Waals surface area contributed by atoms with Crippen molar-refractivity contribution in [2.24, 2.45) is 0 Å². The fraction of sp³-hybridized carbons (Fsp3) is 0.133. The van der Waals surface area contributed by atoms with E-state index in [9.17, 15) is 14.9 Å². The Morgan fingerprint density at radius 2 is 1.60 bits per heavy atom. The second kappa shape index (κ2) is 5.52. The van der Waals surface area contributed by atoms with E-state index in [-0.39, 0.29) is 11.6 Å². The van der Waals surface area contributed by atoms with E-state index < -0.39 is 4.92 Å². The Hall–Kier alpha value is -2.69. The molecule has 5 heteroatoms. The predicted octanol–water partition coefficient (Wildman–Crippen LogP) is 3.46. The molecule has 0 spiro atoms. The van der Waals surface area contributed by atoms with Crippen LogP contribution in [-0.4, -0.2) is 10.8 Å². The molecule has 0 heterocycles. The summed E-state index contributed by atoms with van der Waals surface area (Å²) in [6.45, 7) is 3.83. The van der Waals surface area contributed by atoms with Gasteiger partial charge in [-0.2, -0.15) is 0 Å². The van der Waals surface area contributed by atoms with Crippen LogP contribution in [0.5, 0.6) is 0 Å². The number of anilines is 1. The van der Waals surface area contributed by atoms with Crippen LogP contribution in [0.2, 0.25) is 0 Å². The number of non-ortho nitro benzene ring substituents is 1. The van der Waals surface area contributed by atoms with Gasteiger partial charge in [-0.25, -0.2) is 0 Å². The molecule has 0 unspecified atom stereocenters. The van der Waals surface area contributed by atoms with Crippen molar-refractivity contribution in [3.8, 4) is 0 Å². The van der Waals surface area contributed by atoms with Crippen molar-refractivity contribution in [1.29, 1.82) is 0 Å². The zero-order chi connectivity index (χ0) is 14.7. The highest BCUT2D eigenvalue weighted by atomic mass is 16.6. The molecule has 1 amide bonds. The van der Waals surface area contributed by atoms with Crippen molar-refractivity contribution in [3.05, 3.63) is 69.3 Å². The molecule has 2 aromatic rings. The van der Waals surface area contributed by atoms with Crippen LogP contribution in [0.25, 0.3) is 0 Å². The monoisotopic (exact) mass is 270 g/mol. The Kier molecular flexibility index (Phi) is 3.79. The summed E-state index contributed by atoms with van der Waals surface area (Å²) in [6.07, 6.45) is 0. The lowest BCUT2D eigenvalue weighted by atomic mass is 10.1. The minimum Gasteiger partial charge on any atom is -0.322 e. The van der Waals surface area contributed by atoms with Gasteiger partial charge in [-0.15, -0.1) is 0 Å². The number of hydrogen-bond donors (Lipinski definition) is 1. The maximum Gasteiger partial charge on any atom is 0.269 e. The number of hydrogen-bond acceptors (Lipinski definition) is 3. The fourth-order valence-corrected chi connectivity index (χ4v) is 1.93. The molecule has 0 saturated heterocycles. The van der Waals surface area contributed by atoms with Crippen LogP contribution < -0.4 is 5.32 Å². The molecule has 0 bridgehead atoms. The first-order chi connectivity index (χ1) is 9.49. The normalized spacial score (nSPS) is 10.1. The molecule has 20 heavy (non-hydrogen) atoms. The van der Waals surface area contributed by atoms with Crippen LogP contribution in [0.1, 0.15) is 21.5 Å². The van der Waals surface area contributed by atoms with E-state index in [1.807, 2.05) is 32.0 Å². The van der Waals surface area contributed by atoms with E-state index >= 15 is 0 Å². The van der Waals surface area contributed by atoms with Crippen LogP contribution in [0.4, 0.5) is 11.4 Å². The summed E-state index contributed by atoms with van der Waals surface area (Å²) in [4.78, 5) is 22.2. The van der Waals surface area contributed by atoms with Gasteiger partial charge in [0.15, 0.2) is 0 Å². The molecule has 0 aliphatic carbocycles. The number of rotatable bonds is 3. The maximum atomic E-state index is 12.1. The highest BCUT2D eigenvalue weighted by Gasteiger charge is 2.11. The molecular formula is C15H14N2O3. The lowest BCUT2D eigenvalue weighted by molar-refractivity contribution is -0.384. The number of nitrogens with zero attached hydrogens (tertiary/aromatic N) is 1. The minimum absolute atomic E-state index is 0.0337. The molecule has 0 fully saturated rings. The van der Waals surface area contributed by atoms with Gasteiger partial charge in [0.25, 0.3) is 11.6 Å². The summed E-state index contributed by atoms with van der Waals surface area (Å²) in [5, 5.41) is 13.4. The average Bonchev–Trinajstić information content (AvgIpc) is 2.43. The molecule has 0 aliphatic heterocycles. The van der Waals surface area contributed by atoms with Gasteiger partial charge in [0.1, 0.15) is 0 Å². The fourth-order valence-electron chi connectivity index (χ4n) is 1.93. The smallest absolute Gasteiger partial charge is 0.269 e. The van der Waals surface area contributed by atoms with Gasteiger partial charge in [0, 0.05) is 23.4 Å². The number of carbonyl (C=O) groups excluding carboxylic acids is 1. The average molecular weight is 270 g/mol. The molecule has 0 aromatic heterocycles. The number of para-hydroxylation sites is 1. The zero-order valence-electron chi connectivity index (χ0n) is 11.2. The third-order valence-corrected chi connectivity index (χ3v) is 3.06. The van der Waals surface area contributed by atoms with Gasteiger partial charge in [-0.05, 0) is 37.1 Å². The molecular weight excluding hydrogens is 256 g/mol. The number of aryl methyl sites for hydroxylation is 2. The summed E-state index contributed by atoms with van der Waals surface area (Å²) < 4.78 is 0. The molecule has 5 nitrogen and oxygen atoms in total. The van der Waals surface area contributed by atoms with E-state index in [2.05, 4.69) is 5.32 Å². The standard InChI is InChI=1S/C15H14N2O3/c1-10-4-3-5-11(2)14(10)16-15(18)12-6-8-13(9-7-12)17(19)20/h3-9H,1-2H3,(H,16,18). The van der Waals surface area contributed by atoms with Crippen LogP contribution in [0.15, 0.2) is 42.5 Å². The molecule has 0 saturated carbocycles. The number of nitro groups is 1. The maximum absolute atomic E-state index is 12.1. The van der Waals surface area contributed by atoms with E-state index in [1.54, 1.807) is 0 Å². The number of benzene rings is 2. The van der Waals surface area contributed by atoms with Crippen molar-refractivity contribution in [2.75, 3.05) is 5.32 Å². The number of amides is 1. The van der Waals surface area contributed by atoms with Gasteiger partial charge in [0.05, 0.1) is 4.92 Å². The summed E-state index contributed by atoms with van der Waals surface area (Å²) in [5.41, 5.74) is 3.07. The van der Waals surface area contributed by atoms with Crippen molar-refractivity contribution >= 4 is 17.3 Å². The van der Waals surface area contributed by atoms with Crippen molar-refractivity contribution in [2.45, 2.75) is 13.8 Å². The number of carbonyl (C=O) groups is 1. The summed E-state index contributed by atoms with van der Waals surface area (Å²) in [7, 11) is 0. The van der Waals surface area contributed by atoms with Crippen molar-refractivity contribution < 1.29 is 9.72 Å². The predicted molar refractivity (Wildman–Crippen MR) is 77.0 cm³/mol. The quantitative estimate of drug-likeness (QED) is 0.685. The first-order valence-electron chi connectivity index (χ1n) is 6.11. The van der Waals surface area contributed by atoms with Gasteiger partial charge < -0.3 is 5.32 Å². The SMILES string of the molecule is Cc1cccc(C)c1NC(=O)c1ccc([N+](=O)[O-])cc1. The Morgan fingerprint density at radius 1 is 1.05 bits per heavy atom. The summed E-state index contributed by atoms with van der Waals surface area (Å²) in [5.74, 6) is -0.280. The first kappa shape index (κ1) is 13.7. The lowest BCUT2D eigenvalue weighted by Gasteiger charge is -2.11. The Morgan fingerprint density at radius 3 is 2.10 bits per heavy atom. The summed E-state index contributed by atoms with van der Waals surface area (Å²) in [6, 6.07) is 11.3. The van der Waals surface area contributed by atoms with Crippen LogP contribution in [0, 0.1) is 24.0 Å². The van der Waals surface area contributed by atoms with Crippen LogP contribution in [0.3, 0.4) is 0 Å². The third kappa shape index (κ3) is 2.83. The molecule has 0 atom stereocenters. The van der Waals surface area contributed by atoms with Gasteiger partial charge in [0.2, 0.25) is 0 Å². The summed E-state index contributed by atoms with van der Waals surface area (Å²) >= 11 is 0. The largest absolute Gasteiger partial charge is 0.322 e. The number of nitrogens with one attached hydrogen (secondary N) is 1. The molecule has 2 rings (SSSR count). The Labute approximate surface area is 116 Å². The van der Waals surface area contributed by atoms with Gasteiger partial charge in [-0.3, -0.25) is 14.9 Å². The molecule has 0 aliphatic rings. The first-order valence-corrected chi connectivity index (χ1v) is 6.11. The minimum atomic E-state index is -0.493. The highest BCUT2D eigenvalue weighted by Crippen LogP contribution is 2.21. The van der Waals surface area contributed by atoms with Crippen LogP contribution >= 0.6 is 0 Å². The second-order valence-electron chi connectivity index (χ2n) is 4.52. The van der Waals surface area contributed by atoms with E-state index in [0.29, 0.717) is 5.56 Å². The lowest BCUT2D eigenvalue weighted by Crippen LogP contribution is -2.13. The van der Waals surface area contributed by atoms with Crippen LogP contribution in [-0.2, 0) is 0 Å². The molecule has 102 valence electrons. The molecule has 2 aromatic carbocycles. The van der Waals surface area contributed by atoms with E-state index in [4.69, 9.17) is 0 Å². The molecule has 0 radical (unpaired) electrons. The second-order valence-corrected chi connectivity index (χ2v) is 4.52. The highest BCUT2D eigenvalue weighted by molar-refractivity contribution is 6.05. The Bertz CT molecular complexity index is 643. The van der Waals surface area contributed by atoms with Crippen molar-refractivity contribution in [1.82, 2.24) is 0 Å². The number of nitro benzene ring substituents is 1. The molecule has 1 N–H and O–H groups in total. The zero-order valence-corrected chi connectivity index (χ0v) is 11.2.